The van der Waals surface area contributed by atoms with Crippen LogP contribution in [0.25, 0.3) is 0 Å². The van der Waals surface area contributed by atoms with Crippen LogP contribution in [0.2, 0.25) is 0 Å². The minimum Gasteiger partial charge on any atom is -0.425 e. The minimum absolute atomic E-state index is 0.691. The highest BCUT2D eigenvalue weighted by atomic mass is 79.9. The average molecular weight is 281 g/mol. The fourth-order valence-electron chi connectivity index (χ4n) is 1.45. The van der Waals surface area contributed by atoms with E-state index in [1.807, 2.05) is 18.2 Å². The molecule has 4 heteroatoms. The van der Waals surface area contributed by atoms with Gasteiger partial charge in [0, 0.05) is 11.8 Å². The van der Waals surface area contributed by atoms with Crippen LogP contribution in [-0.2, 0) is 12.8 Å². The Morgan fingerprint density at radius 1 is 1.06 bits per heavy atom. The van der Waals surface area contributed by atoms with E-state index in [0.29, 0.717) is 12.3 Å². The predicted molar refractivity (Wildman–Crippen MR) is 65.7 cm³/mol. The van der Waals surface area contributed by atoms with Crippen molar-refractivity contribution in [1.29, 1.82) is 0 Å². The topological polar surface area (TPSA) is 38.9 Å². The lowest BCUT2D eigenvalue weighted by molar-refractivity contribution is 0.456. The molecule has 0 aliphatic rings. The standard InChI is InChI=1S/C12H13BrN2O/c13-8-4-7-11-14-15-12(16-11)9-10-5-2-1-3-6-10/h1-3,5-6H,4,7-9H2. The smallest absolute Gasteiger partial charge is 0.220 e. The third-order valence-corrected chi connectivity index (χ3v) is 2.79. The van der Waals surface area contributed by atoms with Gasteiger partial charge in [0.2, 0.25) is 11.8 Å². The van der Waals surface area contributed by atoms with Gasteiger partial charge in [-0.15, -0.1) is 10.2 Å². The quantitative estimate of drug-likeness (QED) is 0.791. The van der Waals surface area contributed by atoms with Crippen LogP contribution in [0.1, 0.15) is 23.8 Å². The SMILES string of the molecule is BrCCCc1nnc(Cc2ccccc2)o1. The molecule has 0 saturated heterocycles. The van der Waals surface area contributed by atoms with E-state index in [-0.39, 0.29) is 0 Å². The van der Waals surface area contributed by atoms with Crippen molar-refractivity contribution >= 4 is 15.9 Å². The lowest BCUT2D eigenvalue weighted by Crippen LogP contribution is -1.87. The van der Waals surface area contributed by atoms with E-state index >= 15 is 0 Å². The Hall–Kier alpha value is -1.16. The number of halogens is 1. The molecule has 0 radical (unpaired) electrons. The van der Waals surface area contributed by atoms with Gasteiger partial charge in [-0.2, -0.15) is 0 Å². The van der Waals surface area contributed by atoms with Gasteiger partial charge in [0.15, 0.2) is 0 Å². The van der Waals surface area contributed by atoms with E-state index < -0.39 is 0 Å². The highest BCUT2D eigenvalue weighted by molar-refractivity contribution is 9.09. The van der Waals surface area contributed by atoms with Gasteiger partial charge < -0.3 is 4.42 Å². The molecule has 0 N–H and O–H groups in total. The average Bonchev–Trinajstić information content (AvgIpc) is 2.75. The summed E-state index contributed by atoms with van der Waals surface area (Å²) in [5.41, 5.74) is 1.19. The molecule has 0 amide bonds. The van der Waals surface area contributed by atoms with Crippen molar-refractivity contribution < 1.29 is 4.42 Å². The number of hydrogen-bond acceptors (Lipinski definition) is 3. The third-order valence-electron chi connectivity index (χ3n) is 2.23. The normalized spacial score (nSPS) is 10.6. The zero-order valence-electron chi connectivity index (χ0n) is 8.90. The summed E-state index contributed by atoms with van der Waals surface area (Å²) in [6.45, 7) is 0. The second-order valence-electron chi connectivity index (χ2n) is 3.54. The first-order valence-corrected chi connectivity index (χ1v) is 6.42. The van der Waals surface area contributed by atoms with Crippen molar-refractivity contribution in [2.45, 2.75) is 19.3 Å². The first-order chi connectivity index (χ1) is 7.88. The van der Waals surface area contributed by atoms with Crippen molar-refractivity contribution in [2.24, 2.45) is 0 Å². The van der Waals surface area contributed by atoms with Crippen molar-refractivity contribution in [3.8, 4) is 0 Å². The lowest BCUT2D eigenvalue weighted by Gasteiger charge is -1.94. The second-order valence-corrected chi connectivity index (χ2v) is 4.34. The molecule has 1 aromatic carbocycles. The highest BCUT2D eigenvalue weighted by Crippen LogP contribution is 2.09. The lowest BCUT2D eigenvalue weighted by atomic mass is 10.2. The first kappa shape index (κ1) is 11.3. The van der Waals surface area contributed by atoms with Crippen LogP contribution in [0, 0.1) is 0 Å². The Labute approximate surface area is 103 Å². The Bertz CT molecular complexity index is 428. The molecule has 0 saturated carbocycles. The van der Waals surface area contributed by atoms with Crippen LogP contribution in [0.5, 0.6) is 0 Å². The van der Waals surface area contributed by atoms with Gasteiger partial charge in [-0.05, 0) is 12.0 Å². The summed E-state index contributed by atoms with van der Waals surface area (Å²) < 4.78 is 5.55. The van der Waals surface area contributed by atoms with Crippen LogP contribution in [-0.4, -0.2) is 15.5 Å². The summed E-state index contributed by atoms with van der Waals surface area (Å²) in [6.07, 6.45) is 2.57. The fourth-order valence-corrected chi connectivity index (χ4v) is 1.73. The molecule has 0 aliphatic heterocycles. The van der Waals surface area contributed by atoms with Gasteiger partial charge in [0.25, 0.3) is 0 Å². The summed E-state index contributed by atoms with van der Waals surface area (Å²) >= 11 is 3.38. The Morgan fingerprint density at radius 3 is 2.56 bits per heavy atom. The molecule has 1 aromatic heterocycles. The minimum atomic E-state index is 0.691. The van der Waals surface area contributed by atoms with Gasteiger partial charge in [-0.1, -0.05) is 46.3 Å². The Balaban J connectivity index is 1.97. The molecule has 0 bridgehead atoms. The summed E-state index contributed by atoms with van der Waals surface area (Å²) in [7, 11) is 0. The molecule has 2 aromatic rings. The van der Waals surface area contributed by atoms with E-state index in [9.17, 15) is 0 Å². The van der Waals surface area contributed by atoms with E-state index in [0.717, 1.165) is 24.1 Å². The molecule has 0 atom stereocenters. The molecule has 84 valence electrons. The summed E-state index contributed by atoms with van der Waals surface area (Å²) in [4.78, 5) is 0. The maximum Gasteiger partial charge on any atom is 0.220 e. The fraction of sp³-hybridized carbons (Fsp3) is 0.333. The zero-order chi connectivity index (χ0) is 11.2. The molecular weight excluding hydrogens is 268 g/mol. The van der Waals surface area contributed by atoms with Gasteiger partial charge in [-0.3, -0.25) is 0 Å². The van der Waals surface area contributed by atoms with Crippen molar-refractivity contribution in [3.05, 3.63) is 47.7 Å². The number of benzene rings is 1. The van der Waals surface area contributed by atoms with Crippen molar-refractivity contribution in [3.63, 3.8) is 0 Å². The molecular formula is C12H13BrN2O. The third kappa shape index (κ3) is 3.17. The van der Waals surface area contributed by atoms with E-state index in [1.54, 1.807) is 0 Å². The van der Waals surface area contributed by atoms with Crippen LogP contribution in [0.3, 0.4) is 0 Å². The number of hydrogen-bond donors (Lipinski definition) is 0. The number of alkyl halides is 1. The molecule has 0 spiro atoms. The van der Waals surface area contributed by atoms with Crippen LogP contribution in [0.4, 0.5) is 0 Å². The first-order valence-electron chi connectivity index (χ1n) is 5.29. The summed E-state index contributed by atoms with van der Waals surface area (Å²) in [5, 5.41) is 9.01. The van der Waals surface area contributed by atoms with Crippen LogP contribution >= 0.6 is 15.9 Å². The molecule has 1 heterocycles. The number of aryl methyl sites for hydroxylation is 1. The summed E-state index contributed by atoms with van der Waals surface area (Å²) in [5.74, 6) is 1.42. The molecule has 0 aliphatic carbocycles. The number of aromatic nitrogens is 2. The van der Waals surface area contributed by atoms with Gasteiger partial charge >= 0.3 is 0 Å². The molecule has 16 heavy (non-hydrogen) atoms. The van der Waals surface area contributed by atoms with Crippen molar-refractivity contribution in [2.75, 3.05) is 5.33 Å². The molecule has 3 nitrogen and oxygen atoms in total. The maximum atomic E-state index is 5.55. The second kappa shape index (κ2) is 5.80. The van der Waals surface area contributed by atoms with Gasteiger partial charge in [0.05, 0.1) is 6.42 Å². The maximum absolute atomic E-state index is 5.55. The van der Waals surface area contributed by atoms with E-state index in [4.69, 9.17) is 4.42 Å². The predicted octanol–water partition coefficient (Wildman–Crippen LogP) is 2.99. The number of nitrogens with zero attached hydrogens (tertiary/aromatic N) is 2. The van der Waals surface area contributed by atoms with Gasteiger partial charge in [-0.25, -0.2) is 0 Å². The van der Waals surface area contributed by atoms with E-state index in [2.05, 4.69) is 38.3 Å². The monoisotopic (exact) mass is 280 g/mol. The summed E-state index contributed by atoms with van der Waals surface area (Å²) in [6, 6.07) is 10.1. The molecule has 2 rings (SSSR count). The van der Waals surface area contributed by atoms with Crippen molar-refractivity contribution in [1.82, 2.24) is 10.2 Å². The highest BCUT2D eigenvalue weighted by Gasteiger charge is 2.05. The van der Waals surface area contributed by atoms with Crippen LogP contribution < -0.4 is 0 Å². The Kier molecular flexibility index (Phi) is 4.10. The zero-order valence-corrected chi connectivity index (χ0v) is 10.5. The van der Waals surface area contributed by atoms with E-state index in [1.165, 1.54) is 5.56 Å². The van der Waals surface area contributed by atoms with Gasteiger partial charge in [0.1, 0.15) is 0 Å². The van der Waals surface area contributed by atoms with Crippen LogP contribution in [0.15, 0.2) is 34.7 Å². The Morgan fingerprint density at radius 2 is 1.81 bits per heavy atom. The largest absolute Gasteiger partial charge is 0.425 e. The molecule has 0 fully saturated rings. The molecule has 0 unspecified atom stereocenters. The number of rotatable bonds is 5.